The number of pyridine rings is 1. The van der Waals surface area contributed by atoms with Crippen LogP contribution in [0.5, 0.6) is 0 Å². The normalized spacial score (nSPS) is 16.7. The molecule has 3 aromatic rings. The number of hydrogen-bond acceptors (Lipinski definition) is 4. The van der Waals surface area contributed by atoms with E-state index in [1.165, 1.54) is 5.56 Å². The number of carbonyl (C=O) groups excluding carboxylic acids is 1. The zero-order valence-corrected chi connectivity index (χ0v) is 18.0. The van der Waals surface area contributed by atoms with Gasteiger partial charge in [0.1, 0.15) is 0 Å². The zero-order valence-electron chi connectivity index (χ0n) is 18.0. The number of likely N-dealkylation sites (tertiary alicyclic amines) is 1. The molecule has 0 aliphatic carbocycles. The summed E-state index contributed by atoms with van der Waals surface area (Å²) in [6.45, 7) is 5.72. The Hall–Kier alpha value is -3.19. The summed E-state index contributed by atoms with van der Waals surface area (Å²) >= 11 is 0. The molecule has 1 fully saturated rings. The SMILES string of the molecule is CCCN(C(=O)Nc1cccnc1-n1cccn1)C1CCCN(Cc2ccccc2)C1. The number of rotatable bonds is 7. The fourth-order valence-electron chi connectivity index (χ4n) is 4.22. The summed E-state index contributed by atoms with van der Waals surface area (Å²) in [6, 6.07) is 16.2. The van der Waals surface area contributed by atoms with Crippen LogP contribution in [0.1, 0.15) is 31.7 Å². The van der Waals surface area contributed by atoms with Gasteiger partial charge in [-0.2, -0.15) is 5.10 Å². The van der Waals surface area contributed by atoms with Crippen LogP contribution in [-0.4, -0.2) is 56.3 Å². The van der Waals surface area contributed by atoms with Crippen molar-refractivity contribution in [1.29, 1.82) is 0 Å². The van der Waals surface area contributed by atoms with Crippen molar-refractivity contribution in [2.45, 2.75) is 38.8 Å². The summed E-state index contributed by atoms with van der Waals surface area (Å²) in [5.74, 6) is 0.617. The van der Waals surface area contributed by atoms with Gasteiger partial charge in [0.15, 0.2) is 5.82 Å². The molecule has 0 spiro atoms. The minimum atomic E-state index is -0.0742. The zero-order chi connectivity index (χ0) is 21.5. The molecule has 3 heterocycles. The Balaban J connectivity index is 1.46. The third kappa shape index (κ3) is 5.30. The first kappa shape index (κ1) is 21.1. The number of piperidine rings is 1. The van der Waals surface area contributed by atoms with Crippen molar-refractivity contribution in [3.63, 3.8) is 0 Å². The monoisotopic (exact) mass is 418 g/mol. The Morgan fingerprint density at radius 1 is 1.16 bits per heavy atom. The molecule has 7 heteroatoms. The van der Waals surface area contributed by atoms with Crippen LogP contribution in [0.4, 0.5) is 10.5 Å². The van der Waals surface area contributed by atoms with Gasteiger partial charge < -0.3 is 10.2 Å². The fraction of sp³-hybridized carbons (Fsp3) is 0.375. The van der Waals surface area contributed by atoms with Gasteiger partial charge in [0.25, 0.3) is 0 Å². The second kappa shape index (κ2) is 10.2. The average Bonchev–Trinajstić information content (AvgIpc) is 3.33. The summed E-state index contributed by atoms with van der Waals surface area (Å²) in [5, 5.41) is 7.35. The van der Waals surface area contributed by atoms with Crippen molar-refractivity contribution in [2.24, 2.45) is 0 Å². The van der Waals surface area contributed by atoms with Crippen LogP contribution in [0.25, 0.3) is 5.82 Å². The van der Waals surface area contributed by atoms with Crippen LogP contribution in [0.2, 0.25) is 0 Å². The van der Waals surface area contributed by atoms with Gasteiger partial charge in [0.2, 0.25) is 0 Å². The van der Waals surface area contributed by atoms with Crippen LogP contribution < -0.4 is 5.32 Å². The van der Waals surface area contributed by atoms with E-state index >= 15 is 0 Å². The van der Waals surface area contributed by atoms with E-state index < -0.39 is 0 Å². The fourth-order valence-corrected chi connectivity index (χ4v) is 4.22. The molecule has 7 nitrogen and oxygen atoms in total. The molecule has 1 aromatic carbocycles. The first-order valence-corrected chi connectivity index (χ1v) is 11.0. The molecule has 1 unspecified atom stereocenters. The molecule has 0 saturated carbocycles. The minimum absolute atomic E-state index is 0.0742. The third-order valence-corrected chi connectivity index (χ3v) is 5.65. The molecule has 0 radical (unpaired) electrons. The highest BCUT2D eigenvalue weighted by atomic mass is 16.2. The van der Waals surface area contributed by atoms with Crippen LogP contribution in [0, 0.1) is 0 Å². The number of carbonyl (C=O) groups is 1. The van der Waals surface area contributed by atoms with E-state index in [1.54, 1.807) is 17.1 Å². The Labute approximate surface area is 183 Å². The largest absolute Gasteiger partial charge is 0.322 e. The minimum Gasteiger partial charge on any atom is -0.320 e. The van der Waals surface area contributed by atoms with Gasteiger partial charge in [0.05, 0.1) is 5.69 Å². The average molecular weight is 419 g/mol. The molecule has 162 valence electrons. The van der Waals surface area contributed by atoms with E-state index in [-0.39, 0.29) is 12.1 Å². The number of amides is 2. The molecule has 31 heavy (non-hydrogen) atoms. The summed E-state index contributed by atoms with van der Waals surface area (Å²) in [7, 11) is 0. The maximum Gasteiger partial charge on any atom is 0.322 e. The standard InChI is InChI=1S/C24H30N6O/c1-2-15-29(21-11-7-16-28(19-21)18-20-9-4-3-5-10-20)24(31)27-22-12-6-13-25-23(22)30-17-8-14-26-30/h3-6,8-10,12-14,17,21H,2,7,11,15-16,18-19H2,1H3,(H,27,31). The highest BCUT2D eigenvalue weighted by molar-refractivity contribution is 5.91. The number of urea groups is 1. The lowest BCUT2D eigenvalue weighted by Gasteiger charge is -2.39. The van der Waals surface area contributed by atoms with Crippen LogP contribution >= 0.6 is 0 Å². The molecule has 0 bridgehead atoms. The van der Waals surface area contributed by atoms with Crippen molar-refractivity contribution < 1.29 is 4.79 Å². The van der Waals surface area contributed by atoms with Crippen LogP contribution in [0.15, 0.2) is 67.1 Å². The van der Waals surface area contributed by atoms with E-state index in [4.69, 9.17) is 0 Å². The highest BCUT2D eigenvalue weighted by Gasteiger charge is 2.28. The number of anilines is 1. The van der Waals surface area contributed by atoms with Gasteiger partial charge in [-0.15, -0.1) is 0 Å². The first-order chi connectivity index (χ1) is 15.2. The predicted molar refractivity (Wildman–Crippen MR) is 122 cm³/mol. The van der Waals surface area contributed by atoms with Gasteiger partial charge in [-0.1, -0.05) is 37.3 Å². The van der Waals surface area contributed by atoms with E-state index in [1.807, 2.05) is 35.4 Å². The molecule has 1 saturated heterocycles. The second-order valence-corrected chi connectivity index (χ2v) is 7.97. The van der Waals surface area contributed by atoms with Gasteiger partial charge in [-0.3, -0.25) is 4.90 Å². The van der Waals surface area contributed by atoms with E-state index in [0.717, 1.165) is 45.4 Å². The topological polar surface area (TPSA) is 66.3 Å². The van der Waals surface area contributed by atoms with Gasteiger partial charge >= 0.3 is 6.03 Å². The van der Waals surface area contributed by atoms with Gasteiger partial charge in [-0.05, 0) is 49.6 Å². The Morgan fingerprint density at radius 3 is 2.81 bits per heavy atom. The first-order valence-electron chi connectivity index (χ1n) is 11.0. The Bertz CT molecular complexity index is 959. The molecule has 2 aromatic heterocycles. The molecule has 1 aliphatic heterocycles. The lowest BCUT2D eigenvalue weighted by atomic mass is 10.0. The molecular formula is C24H30N6O. The number of aromatic nitrogens is 3. The lowest BCUT2D eigenvalue weighted by Crippen LogP contribution is -2.51. The number of hydrogen-bond donors (Lipinski definition) is 1. The molecule has 2 amide bonds. The predicted octanol–water partition coefficient (Wildman–Crippen LogP) is 4.18. The van der Waals surface area contributed by atoms with Crippen molar-refractivity contribution in [3.05, 3.63) is 72.7 Å². The maximum absolute atomic E-state index is 13.3. The molecule has 1 aliphatic rings. The number of nitrogens with zero attached hydrogens (tertiary/aromatic N) is 5. The van der Waals surface area contributed by atoms with Crippen molar-refractivity contribution in [1.82, 2.24) is 24.6 Å². The summed E-state index contributed by atoms with van der Waals surface area (Å²) < 4.78 is 1.67. The number of benzene rings is 1. The summed E-state index contributed by atoms with van der Waals surface area (Å²) in [5.41, 5.74) is 1.98. The maximum atomic E-state index is 13.3. The van der Waals surface area contributed by atoms with Gasteiger partial charge in [0, 0.05) is 44.3 Å². The molecular weight excluding hydrogens is 388 g/mol. The smallest absolute Gasteiger partial charge is 0.320 e. The molecule has 4 rings (SSSR count). The third-order valence-electron chi connectivity index (χ3n) is 5.65. The molecule has 1 atom stereocenters. The Kier molecular flexibility index (Phi) is 6.94. The quantitative estimate of drug-likeness (QED) is 0.625. The van der Waals surface area contributed by atoms with Crippen LogP contribution in [0.3, 0.4) is 0 Å². The van der Waals surface area contributed by atoms with Crippen molar-refractivity contribution in [3.8, 4) is 5.82 Å². The lowest BCUT2D eigenvalue weighted by molar-refractivity contribution is 0.113. The summed E-state index contributed by atoms with van der Waals surface area (Å²) in [6.07, 6.45) is 8.27. The highest BCUT2D eigenvalue weighted by Crippen LogP contribution is 2.21. The van der Waals surface area contributed by atoms with Crippen molar-refractivity contribution in [2.75, 3.05) is 25.0 Å². The van der Waals surface area contributed by atoms with Gasteiger partial charge in [-0.25, -0.2) is 14.5 Å². The van der Waals surface area contributed by atoms with E-state index in [0.29, 0.717) is 11.5 Å². The number of nitrogens with one attached hydrogen (secondary N) is 1. The summed E-state index contributed by atoms with van der Waals surface area (Å²) in [4.78, 5) is 22.2. The Morgan fingerprint density at radius 2 is 2.03 bits per heavy atom. The van der Waals surface area contributed by atoms with E-state index in [2.05, 4.69) is 51.5 Å². The van der Waals surface area contributed by atoms with Crippen LogP contribution in [-0.2, 0) is 6.54 Å². The van der Waals surface area contributed by atoms with E-state index in [9.17, 15) is 4.79 Å². The van der Waals surface area contributed by atoms with Crippen molar-refractivity contribution >= 4 is 11.7 Å². The second-order valence-electron chi connectivity index (χ2n) is 7.97. The molecule has 1 N–H and O–H groups in total.